The van der Waals surface area contributed by atoms with Crippen LogP contribution in [0.3, 0.4) is 0 Å². The highest BCUT2D eigenvalue weighted by atomic mass is 19.1. The first-order valence-electron chi connectivity index (χ1n) is 6.05. The average Bonchev–Trinajstić information content (AvgIpc) is 2.45. The fraction of sp³-hybridized carbons (Fsp3) is 0.125. The molecule has 0 spiro atoms. The van der Waals surface area contributed by atoms with Crippen LogP contribution < -0.4 is 10.5 Å². The largest absolute Gasteiger partial charge is 0.486 e. The zero-order valence-corrected chi connectivity index (χ0v) is 10.7. The second-order valence-electron chi connectivity index (χ2n) is 4.03. The molecule has 102 valence electrons. The van der Waals surface area contributed by atoms with Crippen molar-refractivity contribution in [3.05, 3.63) is 65.2 Å². The summed E-state index contributed by atoms with van der Waals surface area (Å²) >= 11 is 0. The molecule has 0 radical (unpaired) electrons. The lowest BCUT2D eigenvalue weighted by Gasteiger charge is -2.08. The molecule has 0 atom stereocenters. The molecule has 0 aliphatic rings. The first-order chi connectivity index (χ1) is 9.70. The van der Waals surface area contributed by atoms with Gasteiger partial charge in [-0.3, -0.25) is 0 Å². The van der Waals surface area contributed by atoms with E-state index in [9.17, 15) is 8.78 Å². The molecule has 0 saturated carbocycles. The first kappa shape index (κ1) is 14.0. The number of hydrogen-bond acceptors (Lipinski definition) is 2. The standard InChI is InChI=1S/C16H13F2NO/c17-14-7-8-16(15(18)10-14)20-11-13-5-2-1-4-12(13)6-3-9-19/h1-2,4-5,7-8,10H,9,11,19H2. The van der Waals surface area contributed by atoms with Crippen molar-refractivity contribution in [3.63, 3.8) is 0 Å². The van der Waals surface area contributed by atoms with Gasteiger partial charge in [0.25, 0.3) is 0 Å². The maximum Gasteiger partial charge on any atom is 0.167 e. The van der Waals surface area contributed by atoms with Crippen molar-refractivity contribution >= 4 is 0 Å². The smallest absolute Gasteiger partial charge is 0.167 e. The number of halogens is 2. The van der Waals surface area contributed by atoms with E-state index in [1.807, 2.05) is 24.3 Å². The summed E-state index contributed by atoms with van der Waals surface area (Å²) in [4.78, 5) is 0. The monoisotopic (exact) mass is 273 g/mol. The highest BCUT2D eigenvalue weighted by Crippen LogP contribution is 2.19. The summed E-state index contributed by atoms with van der Waals surface area (Å²) in [6, 6.07) is 10.6. The lowest BCUT2D eigenvalue weighted by molar-refractivity contribution is 0.289. The second-order valence-corrected chi connectivity index (χ2v) is 4.03. The maximum atomic E-state index is 13.4. The van der Waals surface area contributed by atoms with E-state index >= 15 is 0 Å². The predicted molar refractivity (Wildman–Crippen MR) is 73.1 cm³/mol. The van der Waals surface area contributed by atoms with Gasteiger partial charge in [-0.05, 0) is 18.2 Å². The van der Waals surface area contributed by atoms with Gasteiger partial charge in [-0.15, -0.1) is 0 Å². The molecule has 0 unspecified atom stereocenters. The van der Waals surface area contributed by atoms with E-state index in [1.54, 1.807) is 0 Å². The number of ether oxygens (including phenoxy) is 1. The molecule has 0 aliphatic carbocycles. The third-order valence-corrected chi connectivity index (χ3v) is 2.62. The normalized spacial score (nSPS) is 9.75. The lowest BCUT2D eigenvalue weighted by Crippen LogP contribution is -2.00. The van der Waals surface area contributed by atoms with Crippen LogP contribution in [0.15, 0.2) is 42.5 Å². The third-order valence-electron chi connectivity index (χ3n) is 2.62. The molecular formula is C16H13F2NO. The van der Waals surface area contributed by atoms with Crippen LogP contribution in [0, 0.1) is 23.5 Å². The fourth-order valence-corrected chi connectivity index (χ4v) is 1.66. The van der Waals surface area contributed by atoms with E-state index in [1.165, 1.54) is 6.07 Å². The molecule has 0 bridgehead atoms. The number of hydrogen-bond donors (Lipinski definition) is 1. The summed E-state index contributed by atoms with van der Waals surface area (Å²) in [5.41, 5.74) is 6.93. The van der Waals surface area contributed by atoms with E-state index in [-0.39, 0.29) is 18.9 Å². The minimum atomic E-state index is -0.726. The average molecular weight is 273 g/mol. The first-order valence-corrected chi connectivity index (χ1v) is 6.05. The zero-order valence-electron chi connectivity index (χ0n) is 10.7. The van der Waals surface area contributed by atoms with Crippen molar-refractivity contribution in [2.75, 3.05) is 6.54 Å². The van der Waals surface area contributed by atoms with Gasteiger partial charge in [0.1, 0.15) is 12.4 Å². The van der Waals surface area contributed by atoms with Crippen LogP contribution in [-0.4, -0.2) is 6.54 Å². The third kappa shape index (κ3) is 3.56. The number of rotatable bonds is 3. The Balaban J connectivity index is 2.14. The van der Waals surface area contributed by atoms with Gasteiger partial charge in [0.05, 0.1) is 6.54 Å². The Bertz CT molecular complexity index is 659. The van der Waals surface area contributed by atoms with Gasteiger partial charge in [0.15, 0.2) is 11.6 Å². The van der Waals surface area contributed by atoms with E-state index in [4.69, 9.17) is 10.5 Å². The van der Waals surface area contributed by atoms with Crippen LogP contribution in [0.5, 0.6) is 5.75 Å². The van der Waals surface area contributed by atoms with Gasteiger partial charge in [0.2, 0.25) is 0 Å². The Morgan fingerprint density at radius 2 is 1.90 bits per heavy atom. The minimum absolute atomic E-state index is 0.00740. The maximum absolute atomic E-state index is 13.4. The molecule has 0 amide bonds. The van der Waals surface area contributed by atoms with Gasteiger partial charge < -0.3 is 10.5 Å². The molecule has 2 nitrogen and oxygen atoms in total. The summed E-state index contributed by atoms with van der Waals surface area (Å²) < 4.78 is 31.6. The Labute approximate surface area is 116 Å². The van der Waals surface area contributed by atoms with E-state index in [0.717, 1.165) is 23.3 Å². The van der Waals surface area contributed by atoms with Crippen molar-refractivity contribution in [2.24, 2.45) is 5.73 Å². The molecule has 20 heavy (non-hydrogen) atoms. The van der Waals surface area contributed by atoms with Crippen LogP contribution in [0.2, 0.25) is 0 Å². The topological polar surface area (TPSA) is 35.2 Å². The molecule has 2 rings (SSSR count). The molecule has 4 heteroatoms. The second kappa shape index (κ2) is 6.69. The molecule has 2 aromatic rings. The highest BCUT2D eigenvalue weighted by molar-refractivity contribution is 5.41. The van der Waals surface area contributed by atoms with E-state index < -0.39 is 11.6 Å². The molecule has 0 saturated heterocycles. The Hall–Kier alpha value is -2.38. The van der Waals surface area contributed by atoms with Crippen LogP contribution in [0.25, 0.3) is 0 Å². The minimum Gasteiger partial charge on any atom is -0.486 e. The molecule has 0 heterocycles. The lowest BCUT2D eigenvalue weighted by atomic mass is 10.1. The van der Waals surface area contributed by atoms with Crippen molar-refractivity contribution in [1.82, 2.24) is 0 Å². The summed E-state index contributed by atoms with van der Waals surface area (Å²) in [5.74, 6) is 4.33. The zero-order chi connectivity index (χ0) is 14.4. The van der Waals surface area contributed by atoms with Gasteiger partial charge in [-0.1, -0.05) is 30.0 Å². The highest BCUT2D eigenvalue weighted by Gasteiger charge is 2.06. The van der Waals surface area contributed by atoms with Crippen LogP contribution in [-0.2, 0) is 6.61 Å². The van der Waals surface area contributed by atoms with Crippen molar-refractivity contribution in [3.8, 4) is 17.6 Å². The summed E-state index contributed by atoms with van der Waals surface area (Å²) in [6.07, 6.45) is 0. The molecular weight excluding hydrogens is 260 g/mol. The molecule has 0 fully saturated rings. The summed E-state index contributed by atoms with van der Waals surface area (Å²) in [5, 5.41) is 0. The molecule has 0 aromatic heterocycles. The molecule has 0 aliphatic heterocycles. The van der Waals surface area contributed by atoms with Crippen molar-refractivity contribution in [2.45, 2.75) is 6.61 Å². The SMILES string of the molecule is NCC#Cc1ccccc1COc1ccc(F)cc1F. The van der Waals surface area contributed by atoms with Crippen molar-refractivity contribution < 1.29 is 13.5 Å². The quantitative estimate of drug-likeness (QED) is 0.873. The number of nitrogens with two attached hydrogens (primary N) is 1. The van der Waals surface area contributed by atoms with Crippen LogP contribution in [0.1, 0.15) is 11.1 Å². The number of benzene rings is 2. The van der Waals surface area contributed by atoms with Gasteiger partial charge in [0, 0.05) is 17.2 Å². The molecule has 2 N–H and O–H groups in total. The Kier molecular flexibility index (Phi) is 4.70. The van der Waals surface area contributed by atoms with Gasteiger partial charge in [-0.25, -0.2) is 8.78 Å². The summed E-state index contributed by atoms with van der Waals surface area (Å²) in [6.45, 7) is 0.416. The predicted octanol–water partition coefficient (Wildman–Crippen LogP) is 2.85. The van der Waals surface area contributed by atoms with Gasteiger partial charge in [-0.2, -0.15) is 0 Å². The fourth-order valence-electron chi connectivity index (χ4n) is 1.66. The van der Waals surface area contributed by atoms with Crippen molar-refractivity contribution in [1.29, 1.82) is 0 Å². The Morgan fingerprint density at radius 3 is 2.65 bits per heavy atom. The van der Waals surface area contributed by atoms with E-state index in [2.05, 4.69) is 11.8 Å². The Morgan fingerprint density at radius 1 is 1.10 bits per heavy atom. The molecule has 2 aromatic carbocycles. The van der Waals surface area contributed by atoms with Crippen LogP contribution >= 0.6 is 0 Å². The van der Waals surface area contributed by atoms with E-state index in [0.29, 0.717) is 0 Å². The summed E-state index contributed by atoms with van der Waals surface area (Å²) in [7, 11) is 0. The van der Waals surface area contributed by atoms with Gasteiger partial charge >= 0.3 is 0 Å². The van der Waals surface area contributed by atoms with Crippen LogP contribution in [0.4, 0.5) is 8.78 Å².